The molecule has 1 rings (SSSR count). The Bertz CT molecular complexity index is 406. The van der Waals surface area contributed by atoms with Crippen molar-refractivity contribution in [2.45, 2.75) is 71.8 Å². The summed E-state index contributed by atoms with van der Waals surface area (Å²) in [6, 6.07) is 0.0240. The molecule has 1 aliphatic rings. The summed E-state index contributed by atoms with van der Waals surface area (Å²) in [5.74, 6) is 0.346. The first-order chi connectivity index (χ1) is 11.1. The number of hydrogen-bond acceptors (Lipinski definition) is 3. The van der Waals surface area contributed by atoms with Crippen molar-refractivity contribution in [3.8, 4) is 0 Å². The van der Waals surface area contributed by atoms with Crippen LogP contribution >= 0.6 is 0 Å². The van der Waals surface area contributed by atoms with Crippen LogP contribution in [0.1, 0.15) is 65.7 Å². The van der Waals surface area contributed by atoms with Gasteiger partial charge in [-0.15, -0.1) is 0 Å². The molecule has 0 spiro atoms. The van der Waals surface area contributed by atoms with Gasteiger partial charge in [-0.2, -0.15) is 0 Å². The Morgan fingerprint density at radius 2 is 2.04 bits per heavy atom. The summed E-state index contributed by atoms with van der Waals surface area (Å²) in [6.07, 6.45) is 11.1. The first-order valence-electron chi connectivity index (χ1n) is 9.25. The van der Waals surface area contributed by atoms with Gasteiger partial charge in [-0.1, -0.05) is 45.8 Å². The van der Waals surface area contributed by atoms with Gasteiger partial charge in [0.1, 0.15) is 5.78 Å². The summed E-state index contributed by atoms with van der Waals surface area (Å²) < 4.78 is 0. The number of unbranched alkanes of at least 4 members (excludes halogenated alkanes) is 2. The van der Waals surface area contributed by atoms with Crippen molar-refractivity contribution in [3.05, 3.63) is 12.2 Å². The third-order valence-corrected chi connectivity index (χ3v) is 4.81. The van der Waals surface area contributed by atoms with Gasteiger partial charge in [0.25, 0.3) is 0 Å². The number of allylic oxidation sites excluding steroid dienone is 2. The lowest BCUT2D eigenvalue weighted by Gasteiger charge is -2.33. The second-order valence-corrected chi connectivity index (χ2v) is 6.67. The zero-order valence-corrected chi connectivity index (χ0v) is 15.1. The third-order valence-electron chi connectivity index (χ3n) is 4.81. The van der Waals surface area contributed by atoms with Crippen molar-refractivity contribution in [1.29, 1.82) is 0 Å². The second-order valence-electron chi connectivity index (χ2n) is 6.67. The molecule has 0 aromatic heterocycles. The molecule has 1 saturated heterocycles. The molecule has 4 nitrogen and oxygen atoms in total. The minimum absolute atomic E-state index is 0.0240. The van der Waals surface area contributed by atoms with E-state index in [1.165, 1.54) is 12.8 Å². The molecule has 0 aromatic rings. The molecule has 1 fully saturated rings. The number of carbonyl (C=O) groups excluding carboxylic acids is 2. The van der Waals surface area contributed by atoms with E-state index in [-0.39, 0.29) is 30.3 Å². The molecule has 1 amide bonds. The topological polar surface area (TPSA) is 63.4 Å². The second kappa shape index (κ2) is 10.6. The molecule has 23 heavy (non-hydrogen) atoms. The molecule has 3 unspecified atom stereocenters. The normalized spacial score (nSPS) is 20.9. The smallest absolute Gasteiger partial charge is 0.236 e. The monoisotopic (exact) mass is 322 g/mol. The van der Waals surface area contributed by atoms with Crippen molar-refractivity contribution < 1.29 is 9.59 Å². The Hall–Kier alpha value is -1.16. The lowest BCUT2D eigenvalue weighted by Crippen LogP contribution is -2.47. The van der Waals surface area contributed by atoms with Crippen LogP contribution < -0.4 is 5.73 Å². The number of amides is 1. The molecule has 1 aliphatic heterocycles. The summed E-state index contributed by atoms with van der Waals surface area (Å²) in [7, 11) is 0. The van der Waals surface area contributed by atoms with Crippen molar-refractivity contribution in [2.75, 3.05) is 13.1 Å². The number of nitrogens with zero attached hydrogens (tertiary/aromatic N) is 1. The minimum Gasteiger partial charge on any atom is -0.338 e. The number of Topliss-reactive ketones (excluding diaryl/α,β-unsaturated/α-hetero) is 1. The van der Waals surface area contributed by atoms with E-state index in [4.69, 9.17) is 5.73 Å². The van der Waals surface area contributed by atoms with E-state index in [0.29, 0.717) is 12.2 Å². The summed E-state index contributed by atoms with van der Waals surface area (Å²) in [6.45, 7) is 7.10. The van der Waals surface area contributed by atoms with Crippen molar-refractivity contribution >= 4 is 11.7 Å². The summed E-state index contributed by atoms with van der Waals surface area (Å²) in [5.41, 5.74) is 5.55. The third kappa shape index (κ3) is 5.76. The summed E-state index contributed by atoms with van der Waals surface area (Å²) >= 11 is 0. The van der Waals surface area contributed by atoms with Gasteiger partial charge >= 0.3 is 0 Å². The van der Waals surface area contributed by atoms with E-state index in [1.54, 1.807) is 0 Å². The SMILES string of the molecule is CCCC/C=C\C(C)C(C(=O)CCC)C1CCCN1C(=O)CN. The van der Waals surface area contributed by atoms with Crippen molar-refractivity contribution in [1.82, 2.24) is 4.90 Å². The Balaban J connectivity index is 2.88. The average molecular weight is 322 g/mol. The Morgan fingerprint density at radius 3 is 2.65 bits per heavy atom. The van der Waals surface area contributed by atoms with E-state index in [2.05, 4.69) is 26.0 Å². The maximum absolute atomic E-state index is 12.7. The van der Waals surface area contributed by atoms with Crippen LogP contribution in [0.5, 0.6) is 0 Å². The molecular weight excluding hydrogens is 288 g/mol. The van der Waals surface area contributed by atoms with Gasteiger partial charge < -0.3 is 10.6 Å². The molecule has 0 bridgehead atoms. The number of rotatable bonds is 10. The van der Waals surface area contributed by atoms with E-state index < -0.39 is 0 Å². The first kappa shape index (κ1) is 19.9. The van der Waals surface area contributed by atoms with Crippen LogP contribution in [0.2, 0.25) is 0 Å². The fourth-order valence-corrected chi connectivity index (χ4v) is 3.62. The van der Waals surface area contributed by atoms with Gasteiger partial charge in [-0.3, -0.25) is 9.59 Å². The van der Waals surface area contributed by atoms with Crippen LogP contribution in [0.4, 0.5) is 0 Å². The van der Waals surface area contributed by atoms with E-state index in [9.17, 15) is 9.59 Å². The number of ketones is 1. The largest absolute Gasteiger partial charge is 0.338 e. The van der Waals surface area contributed by atoms with Crippen LogP contribution in [0.25, 0.3) is 0 Å². The van der Waals surface area contributed by atoms with Crippen molar-refractivity contribution in [2.24, 2.45) is 17.6 Å². The predicted molar refractivity (Wildman–Crippen MR) is 95.0 cm³/mol. The lowest BCUT2D eigenvalue weighted by molar-refractivity contribution is -0.134. The molecule has 0 radical (unpaired) electrons. The Kier molecular flexibility index (Phi) is 9.15. The van der Waals surface area contributed by atoms with Crippen LogP contribution in [-0.4, -0.2) is 35.7 Å². The van der Waals surface area contributed by atoms with Gasteiger partial charge in [0.15, 0.2) is 0 Å². The first-order valence-corrected chi connectivity index (χ1v) is 9.25. The van der Waals surface area contributed by atoms with Crippen LogP contribution in [0.15, 0.2) is 12.2 Å². The van der Waals surface area contributed by atoms with Crippen LogP contribution in [0, 0.1) is 11.8 Å². The Labute approximate surface area is 141 Å². The molecule has 0 aliphatic carbocycles. The predicted octanol–water partition coefficient (Wildman–Crippen LogP) is 3.30. The highest BCUT2D eigenvalue weighted by molar-refractivity contribution is 5.84. The molecule has 3 atom stereocenters. The number of hydrogen-bond donors (Lipinski definition) is 1. The van der Waals surface area contributed by atoms with E-state index in [1.807, 2.05) is 11.8 Å². The fraction of sp³-hybridized carbons (Fsp3) is 0.789. The zero-order chi connectivity index (χ0) is 17.2. The summed E-state index contributed by atoms with van der Waals surface area (Å²) in [4.78, 5) is 26.7. The Morgan fingerprint density at radius 1 is 1.30 bits per heavy atom. The molecule has 4 heteroatoms. The van der Waals surface area contributed by atoms with Crippen LogP contribution in [-0.2, 0) is 9.59 Å². The highest BCUT2D eigenvalue weighted by Gasteiger charge is 2.39. The molecule has 0 saturated carbocycles. The number of likely N-dealkylation sites (tertiary alicyclic amines) is 1. The molecule has 132 valence electrons. The highest BCUT2D eigenvalue weighted by atomic mass is 16.2. The van der Waals surface area contributed by atoms with Crippen LogP contribution in [0.3, 0.4) is 0 Å². The highest BCUT2D eigenvalue weighted by Crippen LogP contribution is 2.31. The molecule has 1 heterocycles. The maximum atomic E-state index is 12.7. The average Bonchev–Trinajstić information content (AvgIpc) is 3.00. The minimum atomic E-state index is -0.0918. The van der Waals surface area contributed by atoms with Gasteiger partial charge in [0, 0.05) is 24.9 Å². The van der Waals surface area contributed by atoms with Gasteiger partial charge in [0.2, 0.25) is 5.91 Å². The zero-order valence-electron chi connectivity index (χ0n) is 15.1. The lowest BCUT2D eigenvalue weighted by atomic mass is 9.80. The van der Waals surface area contributed by atoms with E-state index >= 15 is 0 Å². The van der Waals surface area contributed by atoms with Gasteiger partial charge in [-0.25, -0.2) is 0 Å². The number of carbonyl (C=O) groups is 2. The quantitative estimate of drug-likeness (QED) is 0.496. The molecule has 2 N–H and O–H groups in total. The standard InChI is InChI=1S/C19H34N2O2/c1-4-6-7-8-11-15(3)19(17(22)10-5-2)16-12-9-13-21(16)18(23)14-20/h8,11,15-16,19H,4-7,9-10,12-14,20H2,1-3H3/b11-8-. The molecule has 0 aromatic carbocycles. The molecular formula is C19H34N2O2. The fourth-order valence-electron chi connectivity index (χ4n) is 3.62. The van der Waals surface area contributed by atoms with E-state index in [0.717, 1.165) is 32.2 Å². The summed E-state index contributed by atoms with van der Waals surface area (Å²) in [5, 5.41) is 0. The maximum Gasteiger partial charge on any atom is 0.236 e. The van der Waals surface area contributed by atoms with Gasteiger partial charge in [0.05, 0.1) is 6.54 Å². The number of nitrogens with two attached hydrogens (primary N) is 1. The van der Waals surface area contributed by atoms with Gasteiger partial charge in [-0.05, 0) is 31.6 Å². The van der Waals surface area contributed by atoms with Crippen molar-refractivity contribution in [3.63, 3.8) is 0 Å².